The molecule has 24 heavy (non-hydrogen) atoms. The monoisotopic (exact) mass is 347 g/mol. The SMILES string of the molecule is CC(=O)c1cccc(NC(=O)C[C@@H]2SC(=NCC(C)C)NC2=O)c1. The topological polar surface area (TPSA) is 87.6 Å². The molecule has 1 aromatic rings. The molecule has 128 valence electrons. The second-order valence-electron chi connectivity index (χ2n) is 6.02. The van der Waals surface area contributed by atoms with E-state index in [2.05, 4.69) is 15.6 Å². The lowest BCUT2D eigenvalue weighted by molar-refractivity contribution is -0.122. The van der Waals surface area contributed by atoms with Crippen molar-refractivity contribution in [3.8, 4) is 0 Å². The van der Waals surface area contributed by atoms with Crippen LogP contribution in [-0.2, 0) is 9.59 Å². The molecule has 1 heterocycles. The summed E-state index contributed by atoms with van der Waals surface area (Å²) < 4.78 is 0. The van der Waals surface area contributed by atoms with Crippen LogP contribution >= 0.6 is 11.8 Å². The van der Waals surface area contributed by atoms with Crippen molar-refractivity contribution in [2.75, 3.05) is 11.9 Å². The lowest BCUT2D eigenvalue weighted by Gasteiger charge is -2.08. The maximum atomic E-state index is 12.1. The number of hydrogen-bond donors (Lipinski definition) is 2. The fourth-order valence-electron chi connectivity index (χ4n) is 2.08. The molecule has 1 atom stereocenters. The summed E-state index contributed by atoms with van der Waals surface area (Å²) in [6.45, 7) is 6.20. The van der Waals surface area contributed by atoms with Crippen LogP contribution in [-0.4, -0.2) is 34.6 Å². The van der Waals surface area contributed by atoms with Crippen LogP contribution in [0.4, 0.5) is 5.69 Å². The minimum Gasteiger partial charge on any atom is -0.326 e. The number of thioether (sulfide) groups is 1. The van der Waals surface area contributed by atoms with Gasteiger partial charge in [0.05, 0.1) is 0 Å². The molecule has 0 aromatic heterocycles. The minimum absolute atomic E-state index is 0.0570. The van der Waals surface area contributed by atoms with Crippen molar-refractivity contribution in [2.45, 2.75) is 32.4 Å². The number of rotatable bonds is 6. The van der Waals surface area contributed by atoms with Gasteiger partial charge in [0.1, 0.15) is 5.25 Å². The third kappa shape index (κ3) is 5.19. The Balaban J connectivity index is 1.93. The second-order valence-corrected chi connectivity index (χ2v) is 7.22. The Bertz CT molecular complexity index is 685. The third-order valence-corrected chi connectivity index (χ3v) is 4.42. The second kappa shape index (κ2) is 8.10. The summed E-state index contributed by atoms with van der Waals surface area (Å²) in [5, 5.41) is 5.52. The van der Waals surface area contributed by atoms with Gasteiger partial charge in [-0.2, -0.15) is 0 Å². The minimum atomic E-state index is -0.480. The number of benzene rings is 1. The van der Waals surface area contributed by atoms with Crippen molar-refractivity contribution >= 4 is 40.2 Å². The molecule has 2 N–H and O–H groups in total. The fraction of sp³-hybridized carbons (Fsp3) is 0.412. The number of ketones is 1. The number of carbonyl (C=O) groups is 3. The van der Waals surface area contributed by atoms with Crippen molar-refractivity contribution < 1.29 is 14.4 Å². The van der Waals surface area contributed by atoms with Gasteiger partial charge < -0.3 is 10.6 Å². The molecule has 0 unspecified atom stereocenters. The molecule has 1 aliphatic rings. The molecule has 0 bridgehead atoms. The summed E-state index contributed by atoms with van der Waals surface area (Å²) in [7, 11) is 0. The number of nitrogens with zero attached hydrogens (tertiary/aromatic N) is 1. The van der Waals surface area contributed by atoms with Gasteiger partial charge in [0.2, 0.25) is 11.8 Å². The first-order chi connectivity index (χ1) is 11.3. The molecule has 0 aliphatic carbocycles. The average molecular weight is 347 g/mol. The molecule has 2 rings (SSSR count). The molecule has 2 amide bonds. The van der Waals surface area contributed by atoms with Crippen LogP contribution in [0, 0.1) is 5.92 Å². The van der Waals surface area contributed by atoms with Gasteiger partial charge in [-0.05, 0) is 25.0 Å². The first-order valence-corrected chi connectivity index (χ1v) is 8.66. The molecule has 0 spiro atoms. The zero-order valence-corrected chi connectivity index (χ0v) is 14.8. The summed E-state index contributed by atoms with van der Waals surface area (Å²) in [5.41, 5.74) is 1.08. The van der Waals surface area contributed by atoms with Gasteiger partial charge in [-0.1, -0.05) is 37.7 Å². The Hall–Kier alpha value is -2.15. The number of carbonyl (C=O) groups excluding carboxylic acids is 3. The first kappa shape index (κ1) is 18.2. The molecule has 1 fully saturated rings. The lowest BCUT2D eigenvalue weighted by Crippen LogP contribution is -2.28. The van der Waals surface area contributed by atoms with Crippen LogP contribution in [0.1, 0.15) is 37.6 Å². The standard InChI is InChI=1S/C17H21N3O3S/c1-10(2)9-18-17-20-16(23)14(24-17)8-15(22)19-13-6-4-5-12(7-13)11(3)21/h4-7,10,14H,8-9H2,1-3H3,(H,19,22)(H,18,20,23)/t14-/m0/s1. The molecule has 0 saturated carbocycles. The van der Waals surface area contributed by atoms with E-state index in [1.165, 1.54) is 18.7 Å². The highest BCUT2D eigenvalue weighted by atomic mass is 32.2. The Kier molecular flexibility index (Phi) is 6.14. The van der Waals surface area contributed by atoms with Gasteiger partial charge in [-0.25, -0.2) is 0 Å². The van der Waals surface area contributed by atoms with Crippen molar-refractivity contribution in [3.63, 3.8) is 0 Å². The van der Waals surface area contributed by atoms with Gasteiger partial charge >= 0.3 is 0 Å². The fourth-order valence-corrected chi connectivity index (χ4v) is 3.06. The lowest BCUT2D eigenvalue weighted by atomic mass is 10.1. The number of Topliss-reactive ketones (excluding diaryl/α,β-unsaturated/α-hetero) is 1. The summed E-state index contributed by atoms with van der Waals surface area (Å²) in [4.78, 5) is 39.8. The summed E-state index contributed by atoms with van der Waals surface area (Å²) in [6, 6.07) is 6.73. The van der Waals surface area contributed by atoms with Gasteiger partial charge in [0.15, 0.2) is 11.0 Å². The van der Waals surface area contributed by atoms with E-state index in [0.29, 0.717) is 28.9 Å². The highest BCUT2D eigenvalue weighted by Crippen LogP contribution is 2.23. The van der Waals surface area contributed by atoms with Crippen LogP contribution in [0.2, 0.25) is 0 Å². The van der Waals surface area contributed by atoms with Crippen LogP contribution in [0.3, 0.4) is 0 Å². The Morgan fingerprint density at radius 3 is 2.79 bits per heavy atom. The average Bonchev–Trinajstić information content (AvgIpc) is 2.85. The van der Waals surface area contributed by atoms with Crippen LogP contribution in [0.25, 0.3) is 0 Å². The highest BCUT2D eigenvalue weighted by Gasteiger charge is 2.32. The van der Waals surface area contributed by atoms with E-state index in [4.69, 9.17) is 0 Å². The molecule has 1 aliphatic heterocycles. The molecular formula is C17H21N3O3S. The van der Waals surface area contributed by atoms with Gasteiger partial charge in [0.25, 0.3) is 0 Å². The smallest absolute Gasteiger partial charge is 0.240 e. The number of amides is 2. The molecule has 1 aromatic carbocycles. The van der Waals surface area contributed by atoms with E-state index in [0.717, 1.165) is 0 Å². The van der Waals surface area contributed by atoms with Gasteiger partial charge in [0, 0.05) is 24.2 Å². The predicted octanol–water partition coefficient (Wildman–Crippen LogP) is 2.46. The maximum Gasteiger partial charge on any atom is 0.240 e. The van der Waals surface area contributed by atoms with Crippen LogP contribution < -0.4 is 10.6 Å². The first-order valence-electron chi connectivity index (χ1n) is 7.78. The molecular weight excluding hydrogens is 326 g/mol. The van der Waals surface area contributed by atoms with E-state index in [-0.39, 0.29) is 24.0 Å². The van der Waals surface area contributed by atoms with Crippen molar-refractivity contribution in [3.05, 3.63) is 29.8 Å². The number of nitrogens with one attached hydrogen (secondary N) is 2. The number of hydrogen-bond acceptors (Lipinski definition) is 5. The number of anilines is 1. The van der Waals surface area contributed by atoms with E-state index in [1.54, 1.807) is 24.3 Å². The Morgan fingerprint density at radius 1 is 1.38 bits per heavy atom. The van der Waals surface area contributed by atoms with Gasteiger partial charge in [-0.15, -0.1) is 0 Å². The van der Waals surface area contributed by atoms with Crippen LogP contribution in [0.15, 0.2) is 29.3 Å². The largest absolute Gasteiger partial charge is 0.326 e. The predicted molar refractivity (Wildman–Crippen MR) is 96.4 cm³/mol. The van der Waals surface area contributed by atoms with Crippen molar-refractivity contribution in [2.24, 2.45) is 10.9 Å². The highest BCUT2D eigenvalue weighted by molar-refractivity contribution is 8.15. The van der Waals surface area contributed by atoms with Crippen molar-refractivity contribution in [1.29, 1.82) is 0 Å². The third-order valence-electron chi connectivity index (χ3n) is 3.30. The maximum absolute atomic E-state index is 12.1. The van der Waals surface area contributed by atoms with Gasteiger partial charge in [-0.3, -0.25) is 19.4 Å². The van der Waals surface area contributed by atoms with Crippen molar-refractivity contribution in [1.82, 2.24) is 5.32 Å². The summed E-state index contributed by atoms with van der Waals surface area (Å²) >= 11 is 1.28. The normalized spacial score (nSPS) is 18.8. The summed E-state index contributed by atoms with van der Waals surface area (Å²) in [6.07, 6.45) is 0.0570. The molecule has 6 nitrogen and oxygen atoms in total. The van der Waals surface area contributed by atoms with E-state index >= 15 is 0 Å². The quantitative estimate of drug-likeness (QED) is 0.774. The molecule has 7 heteroatoms. The van der Waals surface area contributed by atoms with E-state index < -0.39 is 5.25 Å². The molecule has 1 saturated heterocycles. The van der Waals surface area contributed by atoms with Crippen LogP contribution in [0.5, 0.6) is 0 Å². The van der Waals surface area contributed by atoms with E-state index in [9.17, 15) is 14.4 Å². The molecule has 0 radical (unpaired) electrons. The Morgan fingerprint density at radius 2 is 2.12 bits per heavy atom. The number of amidine groups is 1. The Labute approximate surface area is 145 Å². The number of aliphatic imine (C=N–C) groups is 1. The summed E-state index contributed by atoms with van der Waals surface area (Å²) in [5.74, 6) is -0.127. The zero-order chi connectivity index (χ0) is 17.7. The zero-order valence-electron chi connectivity index (χ0n) is 14.0. The van der Waals surface area contributed by atoms with E-state index in [1.807, 2.05) is 13.8 Å².